The molecule has 5 heteroatoms. The van der Waals surface area contributed by atoms with Crippen LogP contribution in [0.3, 0.4) is 0 Å². The average molecular weight is 367 g/mol. The number of fused-ring (bicyclic) bond motifs is 3. The van der Waals surface area contributed by atoms with Crippen molar-refractivity contribution < 1.29 is 9.53 Å². The molecule has 0 radical (unpaired) electrons. The van der Waals surface area contributed by atoms with Gasteiger partial charge in [0, 0.05) is 11.5 Å². The van der Waals surface area contributed by atoms with Crippen molar-refractivity contribution in [3.05, 3.63) is 35.2 Å². The fourth-order valence-corrected chi connectivity index (χ4v) is 3.34. The van der Waals surface area contributed by atoms with E-state index >= 15 is 0 Å². The molecule has 0 spiro atoms. The number of methoxy groups -OCH3 is 1. The lowest BCUT2D eigenvalue weighted by molar-refractivity contribution is -0.119. The second kappa shape index (κ2) is 8.07. The molecule has 144 valence electrons. The van der Waals surface area contributed by atoms with Gasteiger partial charge in [0.25, 0.3) is 0 Å². The minimum Gasteiger partial charge on any atom is -0.497 e. The quantitative estimate of drug-likeness (QED) is 0.820. The number of rotatable bonds is 6. The molecule has 1 amide bonds. The van der Waals surface area contributed by atoms with Crippen molar-refractivity contribution in [2.75, 3.05) is 12.4 Å². The van der Waals surface area contributed by atoms with Gasteiger partial charge in [-0.05, 0) is 55.4 Å². The summed E-state index contributed by atoms with van der Waals surface area (Å²) in [7, 11) is 1.69. The summed E-state index contributed by atoms with van der Waals surface area (Å²) >= 11 is 0. The van der Waals surface area contributed by atoms with E-state index in [1.54, 1.807) is 7.11 Å². The third-order valence-corrected chi connectivity index (χ3v) is 5.14. The van der Waals surface area contributed by atoms with E-state index in [9.17, 15) is 4.79 Å². The highest BCUT2D eigenvalue weighted by molar-refractivity contribution is 5.92. The highest BCUT2D eigenvalue weighted by atomic mass is 16.5. The molecule has 1 aliphatic rings. The number of nitrogens with one attached hydrogen (secondary N) is 1. The lowest BCUT2D eigenvalue weighted by Crippen LogP contribution is -2.23. The first-order valence-corrected chi connectivity index (χ1v) is 9.80. The summed E-state index contributed by atoms with van der Waals surface area (Å²) in [6, 6.07) is 6.12. The smallest absolute Gasteiger partial charge is 0.228 e. The third kappa shape index (κ3) is 4.12. The van der Waals surface area contributed by atoms with E-state index in [-0.39, 0.29) is 11.8 Å². The molecule has 5 nitrogen and oxygen atoms in total. The largest absolute Gasteiger partial charge is 0.497 e. The van der Waals surface area contributed by atoms with E-state index in [1.807, 2.05) is 19.9 Å². The Morgan fingerprint density at radius 3 is 2.67 bits per heavy atom. The second-order valence-corrected chi connectivity index (χ2v) is 7.73. The molecule has 27 heavy (non-hydrogen) atoms. The van der Waals surface area contributed by atoms with Crippen LogP contribution in [0.2, 0.25) is 0 Å². The average Bonchev–Trinajstić information content (AvgIpc) is 2.66. The second-order valence-electron chi connectivity index (χ2n) is 7.73. The molecule has 0 bridgehead atoms. The topological polar surface area (TPSA) is 64.1 Å². The van der Waals surface area contributed by atoms with Gasteiger partial charge < -0.3 is 10.1 Å². The molecule has 0 saturated heterocycles. The lowest BCUT2D eigenvalue weighted by atomic mass is 9.91. The van der Waals surface area contributed by atoms with E-state index < -0.39 is 0 Å². The zero-order valence-electron chi connectivity index (χ0n) is 16.9. The third-order valence-electron chi connectivity index (χ3n) is 5.14. The van der Waals surface area contributed by atoms with E-state index in [0.717, 1.165) is 54.1 Å². The van der Waals surface area contributed by atoms with Gasteiger partial charge in [0.2, 0.25) is 5.91 Å². The number of carbonyl (C=O) groups excluding carboxylic acids is 1. The number of carbonyl (C=O) groups is 1. The maximum Gasteiger partial charge on any atom is 0.228 e. The predicted molar refractivity (Wildman–Crippen MR) is 108 cm³/mol. The van der Waals surface area contributed by atoms with Crippen LogP contribution >= 0.6 is 0 Å². The van der Waals surface area contributed by atoms with Crippen LogP contribution in [-0.4, -0.2) is 23.0 Å². The normalized spacial score (nSPS) is 13.7. The summed E-state index contributed by atoms with van der Waals surface area (Å²) in [5, 5.41) is 3.03. The van der Waals surface area contributed by atoms with Crippen LogP contribution in [0.25, 0.3) is 11.3 Å². The van der Waals surface area contributed by atoms with Crippen molar-refractivity contribution in [3.8, 4) is 17.0 Å². The summed E-state index contributed by atoms with van der Waals surface area (Å²) in [6.07, 6.45) is 3.30. The molecular formula is C22H29N3O2. The van der Waals surface area contributed by atoms with Crippen LogP contribution in [0, 0.1) is 11.8 Å². The first-order chi connectivity index (χ1) is 12.9. The molecule has 2 aromatic rings. The number of aromatic nitrogens is 2. The summed E-state index contributed by atoms with van der Waals surface area (Å²) in [6.45, 7) is 8.26. The lowest BCUT2D eigenvalue weighted by Gasteiger charge is -2.22. The van der Waals surface area contributed by atoms with Crippen molar-refractivity contribution in [1.29, 1.82) is 0 Å². The molecule has 1 aliphatic carbocycles. The van der Waals surface area contributed by atoms with E-state index in [4.69, 9.17) is 14.7 Å². The van der Waals surface area contributed by atoms with Gasteiger partial charge in [-0.1, -0.05) is 27.7 Å². The SMILES string of the molecule is CCC(C)C(=O)Nc1nc2c(nc1CC(C)C)-c1ccc(OC)cc1CC2. The van der Waals surface area contributed by atoms with Crippen molar-refractivity contribution in [2.24, 2.45) is 11.8 Å². The van der Waals surface area contributed by atoms with Crippen molar-refractivity contribution in [1.82, 2.24) is 9.97 Å². The predicted octanol–water partition coefficient (Wildman–Crippen LogP) is 4.43. The molecule has 1 aromatic carbocycles. The Balaban J connectivity index is 2.04. The molecular weight excluding hydrogens is 338 g/mol. The van der Waals surface area contributed by atoms with Crippen LogP contribution < -0.4 is 10.1 Å². The summed E-state index contributed by atoms with van der Waals surface area (Å²) < 4.78 is 5.36. The van der Waals surface area contributed by atoms with E-state index in [1.165, 1.54) is 5.56 Å². The Morgan fingerprint density at radius 2 is 2.00 bits per heavy atom. The number of hydrogen-bond donors (Lipinski definition) is 1. The van der Waals surface area contributed by atoms with Gasteiger partial charge in [-0.3, -0.25) is 4.79 Å². The van der Waals surface area contributed by atoms with Gasteiger partial charge in [0.05, 0.1) is 24.2 Å². The first-order valence-electron chi connectivity index (χ1n) is 9.80. The number of benzene rings is 1. The van der Waals surface area contributed by atoms with Crippen LogP contribution in [-0.2, 0) is 24.1 Å². The van der Waals surface area contributed by atoms with Gasteiger partial charge in [-0.25, -0.2) is 9.97 Å². The summed E-state index contributed by atoms with van der Waals surface area (Å²) in [5.41, 5.74) is 5.12. The Labute approximate surface area is 161 Å². The van der Waals surface area contributed by atoms with Gasteiger partial charge in [-0.2, -0.15) is 0 Å². The first kappa shape index (κ1) is 19.3. The maximum absolute atomic E-state index is 12.4. The molecule has 1 unspecified atom stereocenters. The molecule has 1 heterocycles. The summed E-state index contributed by atoms with van der Waals surface area (Å²) in [4.78, 5) is 22.2. The molecule has 1 atom stereocenters. The maximum atomic E-state index is 12.4. The standard InChI is InChI=1S/C22H29N3O2/c1-6-14(4)22(26)25-21-19(11-13(2)3)23-20-17-9-8-16(27-5)12-15(17)7-10-18(20)24-21/h8-9,12-14H,6-7,10-11H2,1-5H3,(H,24,25,26). The number of anilines is 1. The van der Waals surface area contributed by atoms with E-state index in [0.29, 0.717) is 11.7 Å². The number of aryl methyl sites for hydroxylation is 2. The van der Waals surface area contributed by atoms with E-state index in [2.05, 4.69) is 31.3 Å². The fourth-order valence-electron chi connectivity index (χ4n) is 3.34. The van der Waals surface area contributed by atoms with Crippen molar-refractivity contribution >= 4 is 11.7 Å². The molecule has 3 rings (SSSR count). The molecule has 0 saturated carbocycles. The van der Waals surface area contributed by atoms with Gasteiger partial charge in [0.1, 0.15) is 5.75 Å². The molecule has 1 aromatic heterocycles. The highest BCUT2D eigenvalue weighted by Gasteiger charge is 2.23. The number of hydrogen-bond acceptors (Lipinski definition) is 4. The fraction of sp³-hybridized carbons (Fsp3) is 0.500. The molecule has 0 aliphatic heterocycles. The number of ether oxygens (including phenoxy) is 1. The van der Waals surface area contributed by atoms with Crippen LogP contribution in [0.4, 0.5) is 5.82 Å². The Morgan fingerprint density at radius 1 is 1.22 bits per heavy atom. The van der Waals surface area contributed by atoms with Crippen molar-refractivity contribution in [2.45, 2.75) is 53.4 Å². The van der Waals surface area contributed by atoms with Gasteiger partial charge in [-0.15, -0.1) is 0 Å². The molecule has 0 fully saturated rings. The van der Waals surface area contributed by atoms with Crippen LogP contribution in [0.1, 0.15) is 51.1 Å². The Hall–Kier alpha value is -2.43. The highest BCUT2D eigenvalue weighted by Crippen LogP contribution is 2.35. The Bertz CT molecular complexity index is 846. The number of nitrogens with zero attached hydrogens (tertiary/aromatic N) is 2. The zero-order valence-corrected chi connectivity index (χ0v) is 16.9. The molecule has 1 N–H and O–H groups in total. The van der Waals surface area contributed by atoms with Gasteiger partial charge in [0.15, 0.2) is 5.82 Å². The van der Waals surface area contributed by atoms with Gasteiger partial charge >= 0.3 is 0 Å². The zero-order chi connectivity index (χ0) is 19.6. The van der Waals surface area contributed by atoms with Crippen LogP contribution in [0.5, 0.6) is 5.75 Å². The van der Waals surface area contributed by atoms with Crippen LogP contribution in [0.15, 0.2) is 18.2 Å². The Kier molecular flexibility index (Phi) is 5.78. The minimum absolute atomic E-state index is 0.0118. The summed E-state index contributed by atoms with van der Waals surface area (Å²) in [5.74, 6) is 1.89. The monoisotopic (exact) mass is 367 g/mol. The van der Waals surface area contributed by atoms with Crippen molar-refractivity contribution in [3.63, 3.8) is 0 Å². The minimum atomic E-state index is -0.0390. The number of amides is 1.